The summed E-state index contributed by atoms with van der Waals surface area (Å²) in [4.78, 5) is 12.2. The third-order valence-corrected chi connectivity index (χ3v) is 5.24. The molecule has 0 saturated carbocycles. The fourth-order valence-electron chi connectivity index (χ4n) is 2.57. The lowest BCUT2D eigenvalue weighted by atomic mass is 10.1. The van der Waals surface area contributed by atoms with Crippen LogP contribution < -0.4 is 9.47 Å². The third kappa shape index (κ3) is 3.91. The number of carbonyl (C=O) groups excluding carboxylic acids is 1. The summed E-state index contributed by atoms with van der Waals surface area (Å²) in [6.45, 7) is 4.16. The molecular weight excluding hydrogens is 433 g/mol. The third-order valence-electron chi connectivity index (χ3n) is 3.74. The predicted octanol–water partition coefficient (Wildman–Crippen LogP) is 5.11. The lowest BCUT2D eigenvalue weighted by Crippen LogP contribution is -2.14. The molecule has 0 atom stereocenters. The topological polar surface area (TPSA) is 49.7 Å². The molecule has 2 aromatic rings. The number of methoxy groups -OCH3 is 2. The Balaban J connectivity index is 2.57. The monoisotopic (exact) mass is 449 g/mol. The van der Waals surface area contributed by atoms with Gasteiger partial charge >= 0.3 is 5.97 Å². The van der Waals surface area contributed by atoms with Gasteiger partial charge in [0.2, 0.25) is 0 Å². The van der Waals surface area contributed by atoms with Crippen molar-refractivity contribution in [3.8, 4) is 11.5 Å². The number of halogens is 3. The number of nitrogens with zero attached hydrogens (tertiary/aromatic N) is 1. The summed E-state index contributed by atoms with van der Waals surface area (Å²) in [6.07, 6.45) is 0. The first-order chi connectivity index (χ1) is 11.8. The van der Waals surface area contributed by atoms with Gasteiger partial charge in [0, 0.05) is 15.6 Å². The zero-order valence-corrected chi connectivity index (χ0v) is 17.4. The van der Waals surface area contributed by atoms with Crippen LogP contribution in [0.1, 0.15) is 28.5 Å². The Hall–Kier alpha value is -1.37. The van der Waals surface area contributed by atoms with Gasteiger partial charge in [-0.25, -0.2) is 4.79 Å². The van der Waals surface area contributed by atoms with Crippen molar-refractivity contribution in [3.05, 3.63) is 43.6 Å². The molecule has 0 N–H and O–H groups in total. The van der Waals surface area contributed by atoms with Gasteiger partial charge in [-0.2, -0.15) is 0 Å². The minimum absolute atomic E-state index is 0.257. The van der Waals surface area contributed by atoms with Crippen LogP contribution in [0.2, 0.25) is 10.2 Å². The summed E-state index contributed by atoms with van der Waals surface area (Å²) in [5.74, 6) is 0.841. The van der Waals surface area contributed by atoms with Crippen molar-refractivity contribution in [1.82, 2.24) is 4.57 Å². The van der Waals surface area contributed by atoms with Crippen molar-refractivity contribution in [2.75, 3.05) is 20.8 Å². The Morgan fingerprint density at radius 3 is 2.48 bits per heavy atom. The second-order valence-electron chi connectivity index (χ2n) is 5.17. The quantitative estimate of drug-likeness (QED) is 0.574. The average Bonchev–Trinajstić information content (AvgIpc) is 2.86. The second-order valence-corrected chi connectivity index (χ2v) is 6.79. The number of hydrogen-bond donors (Lipinski definition) is 0. The van der Waals surface area contributed by atoms with E-state index < -0.39 is 5.97 Å². The SMILES string of the molecule is CCOC(=O)c1cc(Cl)c(Cl)n1Cc1c(Br)cc(OC)c(C)c1OC. The van der Waals surface area contributed by atoms with Crippen molar-refractivity contribution in [2.24, 2.45) is 0 Å². The Morgan fingerprint density at radius 1 is 1.24 bits per heavy atom. The van der Waals surface area contributed by atoms with E-state index in [0.29, 0.717) is 11.5 Å². The molecule has 0 amide bonds. The molecule has 0 radical (unpaired) electrons. The van der Waals surface area contributed by atoms with Crippen molar-refractivity contribution >= 4 is 45.1 Å². The van der Waals surface area contributed by atoms with Gasteiger partial charge in [-0.15, -0.1) is 0 Å². The largest absolute Gasteiger partial charge is 0.496 e. The standard InChI is InChI=1S/C17H18BrCl2NO4/c1-5-25-17(22)13-7-12(19)16(20)21(13)8-10-11(18)6-14(23-3)9(2)15(10)24-4/h6-7H,5,8H2,1-4H3. The summed E-state index contributed by atoms with van der Waals surface area (Å²) in [7, 11) is 3.17. The van der Waals surface area contributed by atoms with E-state index in [2.05, 4.69) is 15.9 Å². The fourth-order valence-corrected chi connectivity index (χ4v) is 3.50. The Bertz CT molecular complexity index is 805. The molecule has 0 unspecified atom stereocenters. The Morgan fingerprint density at radius 2 is 1.92 bits per heavy atom. The minimum Gasteiger partial charge on any atom is -0.496 e. The molecule has 1 aromatic heterocycles. The van der Waals surface area contributed by atoms with Crippen LogP contribution in [-0.4, -0.2) is 31.4 Å². The maximum absolute atomic E-state index is 12.2. The van der Waals surface area contributed by atoms with Gasteiger partial charge in [-0.1, -0.05) is 39.1 Å². The maximum atomic E-state index is 12.2. The summed E-state index contributed by atoms with van der Waals surface area (Å²) >= 11 is 15.9. The molecule has 2 rings (SSSR count). The molecular formula is C17H18BrCl2NO4. The molecule has 0 saturated heterocycles. The van der Waals surface area contributed by atoms with Gasteiger partial charge in [0.15, 0.2) is 0 Å². The van der Waals surface area contributed by atoms with Crippen molar-refractivity contribution < 1.29 is 19.0 Å². The van der Waals surface area contributed by atoms with Gasteiger partial charge in [-0.05, 0) is 26.0 Å². The van der Waals surface area contributed by atoms with Crippen molar-refractivity contribution in [1.29, 1.82) is 0 Å². The highest BCUT2D eigenvalue weighted by Gasteiger charge is 2.23. The summed E-state index contributed by atoms with van der Waals surface area (Å²) < 4.78 is 18.3. The van der Waals surface area contributed by atoms with Crippen LogP contribution in [0.15, 0.2) is 16.6 Å². The predicted molar refractivity (Wildman–Crippen MR) is 101 cm³/mol. The summed E-state index contributed by atoms with van der Waals surface area (Å²) in [5, 5.41) is 0.539. The molecule has 0 spiro atoms. The number of aromatic nitrogens is 1. The first-order valence-electron chi connectivity index (χ1n) is 7.47. The average molecular weight is 451 g/mol. The molecule has 0 fully saturated rings. The highest BCUT2D eigenvalue weighted by Crippen LogP contribution is 2.39. The zero-order chi connectivity index (χ0) is 18.7. The first-order valence-corrected chi connectivity index (χ1v) is 9.02. The first kappa shape index (κ1) is 19.9. The second kappa shape index (κ2) is 8.34. The molecule has 8 heteroatoms. The number of rotatable bonds is 6. The normalized spacial score (nSPS) is 10.7. The van der Waals surface area contributed by atoms with E-state index in [9.17, 15) is 4.79 Å². The molecule has 1 heterocycles. The molecule has 0 aliphatic carbocycles. The zero-order valence-electron chi connectivity index (χ0n) is 14.3. The molecule has 0 aliphatic rings. The van der Waals surface area contributed by atoms with Gasteiger partial charge < -0.3 is 18.8 Å². The van der Waals surface area contributed by atoms with Crippen molar-refractivity contribution in [2.45, 2.75) is 20.4 Å². The van der Waals surface area contributed by atoms with E-state index in [1.54, 1.807) is 25.7 Å². The van der Waals surface area contributed by atoms with Crippen molar-refractivity contribution in [3.63, 3.8) is 0 Å². The fraction of sp³-hybridized carbons (Fsp3) is 0.353. The maximum Gasteiger partial charge on any atom is 0.355 e. The van der Waals surface area contributed by atoms with Crippen LogP contribution in [0.5, 0.6) is 11.5 Å². The Kier molecular flexibility index (Phi) is 6.65. The van der Waals surface area contributed by atoms with E-state index in [0.717, 1.165) is 15.6 Å². The number of hydrogen-bond acceptors (Lipinski definition) is 4. The van der Waals surface area contributed by atoms with E-state index in [4.69, 9.17) is 37.4 Å². The number of ether oxygens (including phenoxy) is 3. The molecule has 0 bridgehead atoms. The lowest BCUT2D eigenvalue weighted by molar-refractivity contribution is 0.0514. The smallest absolute Gasteiger partial charge is 0.355 e. The van der Waals surface area contributed by atoms with E-state index >= 15 is 0 Å². The highest BCUT2D eigenvalue weighted by molar-refractivity contribution is 9.10. The molecule has 5 nitrogen and oxygen atoms in total. The van der Waals surface area contributed by atoms with E-state index in [-0.39, 0.29) is 29.0 Å². The van der Waals surface area contributed by atoms with Gasteiger partial charge in [0.05, 0.1) is 32.4 Å². The van der Waals surface area contributed by atoms with Crippen LogP contribution in [0.25, 0.3) is 0 Å². The number of esters is 1. The van der Waals surface area contributed by atoms with Crippen LogP contribution in [0.4, 0.5) is 0 Å². The van der Waals surface area contributed by atoms with Crippen LogP contribution in [0.3, 0.4) is 0 Å². The molecule has 1 aromatic carbocycles. The highest BCUT2D eigenvalue weighted by atomic mass is 79.9. The van der Waals surface area contributed by atoms with Gasteiger partial charge in [-0.3, -0.25) is 0 Å². The summed E-state index contributed by atoms with van der Waals surface area (Å²) in [5.41, 5.74) is 1.93. The van der Waals surface area contributed by atoms with Gasteiger partial charge in [0.25, 0.3) is 0 Å². The molecule has 25 heavy (non-hydrogen) atoms. The summed E-state index contributed by atoms with van der Waals surface area (Å²) in [6, 6.07) is 3.34. The van der Waals surface area contributed by atoms with Crippen LogP contribution in [0, 0.1) is 6.92 Å². The number of benzene rings is 1. The number of carbonyl (C=O) groups is 1. The van der Waals surface area contributed by atoms with E-state index in [1.807, 2.05) is 13.0 Å². The van der Waals surface area contributed by atoms with E-state index in [1.165, 1.54) is 6.07 Å². The molecule has 136 valence electrons. The lowest BCUT2D eigenvalue weighted by Gasteiger charge is -2.18. The van der Waals surface area contributed by atoms with Crippen LogP contribution >= 0.6 is 39.1 Å². The van der Waals surface area contributed by atoms with Crippen LogP contribution in [-0.2, 0) is 11.3 Å². The molecule has 0 aliphatic heterocycles. The van der Waals surface area contributed by atoms with Gasteiger partial charge in [0.1, 0.15) is 22.3 Å². The Labute approximate surface area is 164 Å². The minimum atomic E-state index is -0.489.